The maximum absolute atomic E-state index is 9.96. The number of phenolic OH excluding ortho intramolecular Hbond substituents is 1. The van der Waals surface area contributed by atoms with E-state index >= 15 is 0 Å². The van der Waals surface area contributed by atoms with Crippen LogP contribution >= 0.6 is 0 Å². The van der Waals surface area contributed by atoms with Gasteiger partial charge in [-0.15, -0.1) is 5.10 Å². The summed E-state index contributed by atoms with van der Waals surface area (Å²) in [5.41, 5.74) is 8.76. The Morgan fingerprint density at radius 2 is 2.24 bits per heavy atom. The van der Waals surface area contributed by atoms with Crippen LogP contribution in [0.1, 0.15) is 43.0 Å². The average molecular weight is 340 g/mol. The van der Waals surface area contributed by atoms with Gasteiger partial charge in [-0.05, 0) is 31.0 Å². The quantitative estimate of drug-likeness (QED) is 0.770. The molecule has 0 aliphatic carbocycles. The van der Waals surface area contributed by atoms with Crippen molar-refractivity contribution in [3.8, 4) is 23.4 Å². The number of hydrogen-bond acceptors (Lipinski definition) is 6. The summed E-state index contributed by atoms with van der Waals surface area (Å²) in [6.45, 7) is 4.33. The van der Waals surface area contributed by atoms with Gasteiger partial charge in [0.1, 0.15) is 11.6 Å². The number of nitrogens with one attached hydrogen (secondary N) is 1. The molecule has 4 N–H and O–H groups in total. The molecular formula is C18H20N4O3. The number of ether oxygens (including phenoxy) is 2. The van der Waals surface area contributed by atoms with Crippen molar-refractivity contribution in [3.05, 3.63) is 46.5 Å². The monoisotopic (exact) mass is 340 g/mol. The van der Waals surface area contributed by atoms with Crippen LogP contribution in [0.25, 0.3) is 0 Å². The number of rotatable bonds is 5. The fourth-order valence-electron chi connectivity index (χ4n) is 3.06. The average Bonchev–Trinajstić information content (AvgIpc) is 2.98. The van der Waals surface area contributed by atoms with Crippen molar-refractivity contribution in [1.29, 1.82) is 5.26 Å². The van der Waals surface area contributed by atoms with Crippen molar-refractivity contribution >= 4 is 0 Å². The van der Waals surface area contributed by atoms with Crippen molar-refractivity contribution in [2.75, 3.05) is 6.61 Å². The Hall–Kier alpha value is -3.14. The van der Waals surface area contributed by atoms with E-state index in [4.69, 9.17) is 15.2 Å². The van der Waals surface area contributed by atoms with E-state index < -0.39 is 5.92 Å². The number of phenols is 1. The van der Waals surface area contributed by atoms with E-state index in [0.29, 0.717) is 23.8 Å². The topological polar surface area (TPSA) is 117 Å². The number of benzene rings is 1. The van der Waals surface area contributed by atoms with E-state index in [-0.39, 0.29) is 11.6 Å². The summed E-state index contributed by atoms with van der Waals surface area (Å²) >= 11 is 0. The lowest BCUT2D eigenvalue weighted by atomic mass is 9.83. The Morgan fingerprint density at radius 3 is 2.92 bits per heavy atom. The van der Waals surface area contributed by atoms with Gasteiger partial charge in [0.15, 0.2) is 11.5 Å². The number of aromatic nitrogens is 2. The molecule has 0 fully saturated rings. The van der Waals surface area contributed by atoms with Gasteiger partial charge in [0, 0.05) is 11.3 Å². The van der Waals surface area contributed by atoms with E-state index in [0.717, 1.165) is 29.7 Å². The van der Waals surface area contributed by atoms with E-state index in [2.05, 4.69) is 23.2 Å². The molecule has 7 heteroatoms. The molecule has 1 aromatic heterocycles. The molecule has 0 spiro atoms. The third-order valence-electron chi connectivity index (χ3n) is 4.13. The second-order valence-corrected chi connectivity index (χ2v) is 5.76. The van der Waals surface area contributed by atoms with Crippen LogP contribution in [-0.4, -0.2) is 21.9 Å². The van der Waals surface area contributed by atoms with Gasteiger partial charge in [0.05, 0.1) is 12.5 Å². The number of nitrogens with two attached hydrogens (primary N) is 1. The van der Waals surface area contributed by atoms with Crippen LogP contribution in [-0.2, 0) is 6.42 Å². The minimum Gasteiger partial charge on any atom is -0.504 e. The van der Waals surface area contributed by atoms with Crippen molar-refractivity contribution in [2.24, 2.45) is 5.73 Å². The van der Waals surface area contributed by atoms with Crippen LogP contribution in [0.4, 0.5) is 0 Å². The second kappa shape index (κ2) is 6.77. The number of hydrogen-bond donors (Lipinski definition) is 3. The number of H-pyrrole nitrogens is 1. The Bertz CT molecular complexity index is 864. The summed E-state index contributed by atoms with van der Waals surface area (Å²) in [5, 5.41) is 26.8. The third kappa shape index (κ3) is 2.87. The molecule has 3 rings (SSSR count). The molecule has 1 aliphatic heterocycles. The summed E-state index contributed by atoms with van der Waals surface area (Å²) in [6.07, 6.45) is 1.69. The third-order valence-corrected chi connectivity index (χ3v) is 4.13. The van der Waals surface area contributed by atoms with E-state index in [1.807, 2.05) is 6.92 Å². The zero-order valence-corrected chi connectivity index (χ0v) is 14.2. The first-order valence-corrected chi connectivity index (χ1v) is 8.21. The van der Waals surface area contributed by atoms with Crippen LogP contribution in [0, 0.1) is 11.3 Å². The van der Waals surface area contributed by atoms with Crippen LogP contribution in [0.15, 0.2) is 29.7 Å². The lowest BCUT2D eigenvalue weighted by molar-refractivity contribution is 0.317. The van der Waals surface area contributed by atoms with Crippen LogP contribution in [0.2, 0.25) is 0 Å². The summed E-state index contributed by atoms with van der Waals surface area (Å²) in [7, 11) is 0. The van der Waals surface area contributed by atoms with Gasteiger partial charge in [0.25, 0.3) is 0 Å². The molecule has 1 aliphatic rings. The highest BCUT2D eigenvalue weighted by Crippen LogP contribution is 2.44. The Balaban J connectivity index is 2.18. The Labute approximate surface area is 145 Å². The standard InChI is InChI=1S/C18H20N4O3/c1-3-5-12-16-15(10-6-7-13(23)14(8-10)24-4-2)11(9-19)17(20)25-18(16)22-21-12/h6-8,15,23H,3-5,20H2,1-2H3,(H,21,22)/t15-/m1/s1. The van der Waals surface area contributed by atoms with Crippen molar-refractivity contribution < 1.29 is 14.6 Å². The number of aromatic hydroxyl groups is 1. The first-order chi connectivity index (χ1) is 12.1. The fourth-order valence-corrected chi connectivity index (χ4v) is 3.06. The van der Waals surface area contributed by atoms with Crippen LogP contribution < -0.4 is 15.2 Å². The zero-order chi connectivity index (χ0) is 18.0. The molecule has 25 heavy (non-hydrogen) atoms. The zero-order valence-electron chi connectivity index (χ0n) is 14.2. The van der Waals surface area contributed by atoms with Gasteiger partial charge in [-0.1, -0.05) is 19.4 Å². The molecule has 2 heterocycles. The predicted molar refractivity (Wildman–Crippen MR) is 91.2 cm³/mol. The highest BCUT2D eigenvalue weighted by molar-refractivity contribution is 5.57. The number of nitriles is 1. The molecule has 0 unspecified atom stereocenters. The summed E-state index contributed by atoms with van der Waals surface area (Å²) in [6, 6.07) is 7.19. The summed E-state index contributed by atoms with van der Waals surface area (Å²) in [5.74, 6) is 0.421. The van der Waals surface area contributed by atoms with Gasteiger partial charge >= 0.3 is 0 Å². The molecule has 1 aromatic carbocycles. The number of nitrogens with zero attached hydrogens (tertiary/aromatic N) is 2. The minimum atomic E-state index is -0.422. The molecule has 1 atom stereocenters. The molecule has 7 nitrogen and oxygen atoms in total. The van der Waals surface area contributed by atoms with Crippen molar-refractivity contribution in [1.82, 2.24) is 10.2 Å². The summed E-state index contributed by atoms with van der Waals surface area (Å²) in [4.78, 5) is 0. The number of aryl methyl sites for hydroxylation is 1. The predicted octanol–water partition coefficient (Wildman–Crippen LogP) is 2.68. The first kappa shape index (κ1) is 16.7. The molecule has 0 amide bonds. The Kier molecular flexibility index (Phi) is 4.52. The van der Waals surface area contributed by atoms with Crippen LogP contribution in [0.5, 0.6) is 17.4 Å². The van der Waals surface area contributed by atoms with Gasteiger partial charge in [-0.2, -0.15) is 5.26 Å². The maximum Gasteiger partial charge on any atom is 0.244 e. The highest BCUT2D eigenvalue weighted by Gasteiger charge is 2.35. The Morgan fingerprint density at radius 1 is 1.44 bits per heavy atom. The molecule has 130 valence electrons. The van der Waals surface area contributed by atoms with Crippen molar-refractivity contribution in [3.63, 3.8) is 0 Å². The second-order valence-electron chi connectivity index (χ2n) is 5.76. The van der Waals surface area contributed by atoms with E-state index in [1.54, 1.807) is 18.2 Å². The first-order valence-electron chi connectivity index (χ1n) is 8.21. The van der Waals surface area contributed by atoms with Gasteiger partial charge in [0.2, 0.25) is 11.8 Å². The van der Waals surface area contributed by atoms with Crippen molar-refractivity contribution in [2.45, 2.75) is 32.6 Å². The van der Waals surface area contributed by atoms with E-state index in [1.165, 1.54) is 0 Å². The maximum atomic E-state index is 9.96. The molecule has 0 saturated carbocycles. The molecule has 0 saturated heterocycles. The fraction of sp³-hybridized carbons (Fsp3) is 0.333. The largest absolute Gasteiger partial charge is 0.504 e. The normalized spacial score (nSPS) is 16.1. The van der Waals surface area contributed by atoms with Gasteiger partial charge in [-0.25, -0.2) is 0 Å². The summed E-state index contributed by atoms with van der Waals surface area (Å²) < 4.78 is 11.0. The minimum absolute atomic E-state index is 0.0422. The van der Waals surface area contributed by atoms with Gasteiger partial charge < -0.3 is 20.3 Å². The lowest BCUT2D eigenvalue weighted by Crippen LogP contribution is -2.21. The molecule has 0 radical (unpaired) electrons. The lowest BCUT2D eigenvalue weighted by Gasteiger charge is -2.24. The van der Waals surface area contributed by atoms with E-state index in [9.17, 15) is 10.4 Å². The number of fused-ring (bicyclic) bond motifs is 1. The number of aromatic amines is 1. The molecule has 0 bridgehead atoms. The van der Waals surface area contributed by atoms with Crippen LogP contribution in [0.3, 0.4) is 0 Å². The highest BCUT2D eigenvalue weighted by atomic mass is 16.5. The molecule has 2 aromatic rings. The smallest absolute Gasteiger partial charge is 0.244 e. The SMILES string of the molecule is CCCc1[nH]nc2c1[C@H](c1ccc(O)c(OCC)c1)C(C#N)=C(N)O2. The van der Waals surface area contributed by atoms with Gasteiger partial charge in [-0.3, -0.25) is 5.10 Å². The molecular weight excluding hydrogens is 320 g/mol. The number of allylic oxidation sites excluding steroid dienone is 1.